The largest absolute Gasteiger partial charge is 0.486 e. The lowest BCUT2D eigenvalue weighted by atomic mass is 10.0. The van der Waals surface area contributed by atoms with Gasteiger partial charge in [0, 0.05) is 12.6 Å². The van der Waals surface area contributed by atoms with Crippen LogP contribution in [0.4, 0.5) is 0 Å². The molecule has 0 amide bonds. The maximum absolute atomic E-state index is 5.67. The van der Waals surface area contributed by atoms with Crippen molar-refractivity contribution in [1.82, 2.24) is 5.32 Å². The van der Waals surface area contributed by atoms with Crippen LogP contribution in [0.5, 0.6) is 11.5 Å². The summed E-state index contributed by atoms with van der Waals surface area (Å²) in [6, 6.07) is 4.75. The van der Waals surface area contributed by atoms with Gasteiger partial charge in [-0.05, 0) is 44.5 Å². The van der Waals surface area contributed by atoms with Gasteiger partial charge in [0.1, 0.15) is 13.2 Å². The van der Waals surface area contributed by atoms with Crippen molar-refractivity contribution in [3.8, 4) is 11.5 Å². The molecule has 1 fully saturated rings. The van der Waals surface area contributed by atoms with E-state index in [2.05, 4.69) is 61.1 Å². The minimum atomic E-state index is 0.359. The highest BCUT2D eigenvalue weighted by Crippen LogP contribution is 2.62. The first kappa shape index (κ1) is 14.2. The van der Waals surface area contributed by atoms with Gasteiger partial charge in [-0.3, -0.25) is 0 Å². The number of benzene rings is 1. The fourth-order valence-corrected chi connectivity index (χ4v) is 3.80. The first-order valence-electron chi connectivity index (χ1n) is 7.15. The maximum Gasteiger partial charge on any atom is 0.175 e. The van der Waals surface area contributed by atoms with Crippen molar-refractivity contribution in [3.05, 3.63) is 22.2 Å². The molecule has 1 aliphatic heterocycles. The highest BCUT2D eigenvalue weighted by molar-refractivity contribution is 9.10. The third kappa shape index (κ3) is 2.13. The molecule has 0 bridgehead atoms. The summed E-state index contributed by atoms with van der Waals surface area (Å²) in [5.41, 5.74) is 1.94. The van der Waals surface area contributed by atoms with Crippen LogP contribution in [0.15, 0.2) is 16.6 Å². The number of hydrogen-bond donors (Lipinski definition) is 1. The van der Waals surface area contributed by atoms with E-state index in [9.17, 15) is 0 Å². The van der Waals surface area contributed by atoms with Gasteiger partial charge in [-0.2, -0.15) is 0 Å². The highest BCUT2D eigenvalue weighted by Gasteiger charge is 2.64. The molecule has 0 spiro atoms. The molecule has 2 aliphatic rings. The smallest absolute Gasteiger partial charge is 0.175 e. The molecule has 0 atom stereocenters. The van der Waals surface area contributed by atoms with E-state index in [1.165, 1.54) is 5.56 Å². The fraction of sp³-hybridized carbons (Fsp3) is 0.625. The van der Waals surface area contributed by atoms with Gasteiger partial charge >= 0.3 is 0 Å². The van der Waals surface area contributed by atoms with Crippen LogP contribution < -0.4 is 14.8 Å². The maximum atomic E-state index is 5.67. The standard InChI is InChI=1S/C16H22BrNO2/c1-15(2)14(16(15,3)4)18-9-10-7-11(17)13-12(8-10)19-5-6-20-13/h7-8,14,18H,5-6,9H2,1-4H3. The van der Waals surface area contributed by atoms with Gasteiger partial charge < -0.3 is 14.8 Å². The minimum Gasteiger partial charge on any atom is -0.486 e. The number of nitrogens with one attached hydrogen (secondary N) is 1. The van der Waals surface area contributed by atoms with Crippen molar-refractivity contribution in [1.29, 1.82) is 0 Å². The van der Waals surface area contributed by atoms with Gasteiger partial charge in [-0.15, -0.1) is 0 Å². The third-order valence-electron chi connectivity index (χ3n) is 5.19. The normalized spacial score (nSPS) is 22.6. The number of rotatable bonds is 3. The Labute approximate surface area is 129 Å². The molecule has 4 heteroatoms. The first-order valence-corrected chi connectivity index (χ1v) is 7.95. The fourth-order valence-electron chi connectivity index (χ4n) is 3.19. The lowest BCUT2D eigenvalue weighted by molar-refractivity contribution is 0.170. The van der Waals surface area contributed by atoms with Crippen molar-refractivity contribution in [2.45, 2.75) is 40.3 Å². The SMILES string of the molecule is CC1(C)C(NCc2cc(Br)c3c(c2)OCCO3)C1(C)C. The van der Waals surface area contributed by atoms with Crippen molar-refractivity contribution in [2.24, 2.45) is 10.8 Å². The summed E-state index contributed by atoms with van der Waals surface area (Å²) in [4.78, 5) is 0. The lowest BCUT2D eigenvalue weighted by Gasteiger charge is -2.20. The summed E-state index contributed by atoms with van der Waals surface area (Å²) in [5, 5.41) is 3.67. The summed E-state index contributed by atoms with van der Waals surface area (Å²) in [7, 11) is 0. The van der Waals surface area contributed by atoms with E-state index < -0.39 is 0 Å². The van der Waals surface area contributed by atoms with E-state index in [1.54, 1.807) is 0 Å². The van der Waals surface area contributed by atoms with E-state index in [0.29, 0.717) is 30.1 Å². The van der Waals surface area contributed by atoms with Crippen LogP contribution in [0.2, 0.25) is 0 Å². The molecule has 0 aromatic heterocycles. The van der Waals surface area contributed by atoms with Crippen LogP contribution in [0.1, 0.15) is 33.3 Å². The number of fused-ring (bicyclic) bond motifs is 1. The average molecular weight is 340 g/mol. The Kier molecular flexibility index (Phi) is 3.29. The Morgan fingerprint density at radius 1 is 1.15 bits per heavy atom. The van der Waals surface area contributed by atoms with Gasteiger partial charge in [0.15, 0.2) is 11.5 Å². The first-order chi connectivity index (χ1) is 9.34. The lowest BCUT2D eigenvalue weighted by Crippen LogP contribution is -2.22. The van der Waals surface area contributed by atoms with Crippen LogP contribution in [-0.2, 0) is 6.54 Å². The van der Waals surface area contributed by atoms with Crippen LogP contribution >= 0.6 is 15.9 Å². The molecule has 20 heavy (non-hydrogen) atoms. The van der Waals surface area contributed by atoms with E-state index in [0.717, 1.165) is 22.5 Å². The van der Waals surface area contributed by atoms with Gasteiger partial charge in [0.25, 0.3) is 0 Å². The molecule has 0 unspecified atom stereocenters. The van der Waals surface area contributed by atoms with Crippen LogP contribution in [0.25, 0.3) is 0 Å². The predicted molar refractivity (Wildman–Crippen MR) is 83.3 cm³/mol. The second kappa shape index (κ2) is 4.63. The Morgan fingerprint density at radius 3 is 2.45 bits per heavy atom. The molecular weight excluding hydrogens is 318 g/mol. The number of ether oxygens (including phenoxy) is 2. The Morgan fingerprint density at radius 2 is 1.80 bits per heavy atom. The number of halogens is 1. The van der Waals surface area contributed by atoms with E-state index in [-0.39, 0.29) is 0 Å². The average Bonchev–Trinajstić information content (AvgIpc) is 2.77. The van der Waals surface area contributed by atoms with Crippen LogP contribution in [0, 0.1) is 10.8 Å². The van der Waals surface area contributed by atoms with Crippen LogP contribution in [-0.4, -0.2) is 19.3 Å². The molecule has 0 radical (unpaired) electrons. The van der Waals surface area contributed by atoms with Crippen molar-refractivity contribution < 1.29 is 9.47 Å². The summed E-state index contributed by atoms with van der Waals surface area (Å²) in [5.74, 6) is 1.67. The van der Waals surface area contributed by atoms with Crippen LogP contribution in [0.3, 0.4) is 0 Å². The van der Waals surface area contributed by atoms with Crippen molar-refractivity contribution in [2.75, 3.05) is 13.2 Å². The predicted octanol–water partition coefficient (Wildman–Crippen LogP) is 3.74. The van der Waals surface area contributed by atoms with E-state index >= 15 is 0 Å². The van der Waals surface area contributed by atoms with Crippen molar-refractivity contribution >= 4 is 15.9 Å². The topological polar surface area (TPSA) is 30.5 Å². The van der Waals surface area contributed by atoms with E-state index in [1.807, 2.05) is 0 Å². The second-order valence-corrected chi connectivity index (χ2v) is 7.71. The summed E-state index contributed by atoms with van der Waals surface area (Å²) < 4.78 is 12.3. The summed E-state index contributed by atoms with van der Waals surface area (Å²) in [6.07, 6.45) is 0. The van der Waals surface area contributed by atoms with E-state index in [4.69, 9.17) is 9.47 Å². The molecule has 1 saturated carbocycles. The zero-order valence-corrected chi connectivity index (χ0v) is 14.1. The Hall–Kier alpha value is -0.740. The molecule has 3 nitrogen and oxygen atoms in total. The summed E-state index contributed by atoms with van der Waals surface area (Å²) in [6.45, 7) is 11.4. The van der Waals surface area contributed by atoms with Gasteiger partial charge in [-0.1, -0.05) is 27.7 Å². The van der Waals surface area contributed by atoms with Gasteiger partial charge in [0.05, 0.1) is 4.47 Å². The molecule has 1 N–H and O–H groups in total. The zero-order chi connectivity index (χ0) is 14.5. The van der Waals surface area contributed by atoms with Crippen molar-refractivity contribution in [3.63, 3.8) is 0 Å². The number of hydrogen-bond acceptors (Lipinski definition) is 3. The van der Waals surface area contributed by atoms with Gasteiger partial charge in [-0.25, -0.2) is 0 Å². The highest BCUT2D eigenvalue weighted by atomic mass is 79.9. The molecule has 3 rings (SSSR count). The molecule has 1 heterocycles. The third-order valence-corrected chi connectivity index (χ3v) is 5.78. The molecular formula is C16H22BrNO2. The Bertz CT molecular complexity index is 526. The monoisotopic (exact) mass is 339 g/mol. The molecule has 1 aromatic carbocycles. The minimum absolute atomic E-state index is 0.359. The molecule has 1 aliphatic carbocycles. The zero-order valence-electron chi connectivity index (χ0n) is 12.5. The quantitative estimate of drug-likeness (QED) is 0.909. The molecule has 110 valence electrons. The molecule has 1 aromatic rings. The molecule has 0 saturated heterocycles. The second-order valence-electron chi connectivity index (χ2n) is 6.86. The Balaban J connectivity index is 1.72. The van der Waals surface area contributed by atoms with Gasteiger partial charge in [0.2, 0.25) is 0 Å². The summed E-state index contributed by atoms with van der Waals surface area (Å²) >= 11 is 3.57.